The van der Waals surface area contributed by atoms with E-state index in [9.17, 15) is 4.79 Å². The fraction of sp³-hybridized carbons (Fsp3) is 0.733. The van der Waals surface area contributed by atoms with Gasteiger partial charge in [-0.05, 0) is 55.5 Å². The van der Waals surface area contributed by atoms with Gasteiger partial charge in [0.2, 0.25) is 0 Å². The molecule has 0 unspecified atom stereocenters. The lowest BCUT2D eigenvalue weighted by Gasteiger charge is -2.27. The van der Waals surface area contributed by atoms with E-state index in [-0.39, 0.29) is 11.2 Å². The smallest absolute Gasteiger partial charge is 0.291 e. The van der Waals surface area contributed by atoms with Crippen molar-refractivity contribution in [3.8, 4) is 0 Å². The molecule has 1 saturated carbocycles. The largest absolute Gasteiger partial charge is 0.377 e. The Morgan fingerprint density at radius 2 is 2.24 bits per heavy atom. The van der Waals surface area contributed by atoms with Crippen molar-refractivity contribution in [2.24, 2.45) is 5.92 Å². The Bertz CT molecular complexity index is 538. The van der Waals surface area contributed by atoms with Crippen LogP contribution in [0.4, 0.5) is 5.69 Å². The summed E-state index contributed by atoms with van der Waals surface area (Å²) in [6.07, 6.45) is 5.36. The van der Waals surface area contributed by atoms with Crippen molar-refractivity contribution in [1.82, 2.24) is 9.78 Å². The molecular weight excluding hydrogens is 334 g/mol. The first-order valence-electron chi connectivity index (χ1n) is 7.56. The second kappa shape index (κ2) is 6.92. The summed E-state index contributed by atoms with van der Waals surface area (Å²) < 4.78 is 7.92. The number of hydrogen-bond donors (Lipinski definition) is 1. The Hall–Kier alpha value is -0.880. The van der Waals surface area contributed by atoms with Crippen LogP contribution in [-0.4, -0.2) is 28.5 Å². The molecule has 0 atom stereocenters. The number of hydrogen-bond acceptors (Lipinski definition) is 4. The van der Waals surface area contributed by atoms with Gasteiger partial charge in [0.05, 0.1) is 16.3 Å². The van der Waals surface area contributed by atoms with Crippen LogP contribution in [0.2, 0.25) is 0 Å². The van der Waals surface area contributed by atoms with E-state index in [1.807, 2.05) is 20.8 Å². The zero-order valence-corrected chi connectivity index (χ0v) is 14.6. The minimum absolute atomic E-state index is 0.0661. The normalized spacial score (nSPS) is 15.8. The van der Waals surface area contributed by atoms with Crippen molar-refractivity contribution in [3.63, 3.8) is 0 Å². The van der Waals surface area contributed by atoms with Gasteiger partial charge in [0.1, 0.15) is 5.69 Å². The van der Waals surface area contributed by atoms with Gasteiger partial charge in [0.15, 0.2) is 0 Å². The molecule has 0 spiro atoms. The summed E-state index contributed by atoms with van der Waals surface area (Å²) in [4.78, 5) is 12.5. The quantitative estimate of drug-likeness (QED) is 0.814. The first-order valence-corrected chi connectivity index (χ1v) is 8.35. The molecule has 0 bridgehead atoms. The van der Waals surface area contributed by atoms with Crippen LogP contribution < -0.4 is 10.9 Å². The SMILES string of the molecule is CCOC(C)(C)CNc1c(Br)cnn(CC2CCC2)c1=O. The minimum atomic E-state index is -0.317. The van der Waals surface area contributed by atoms with Crippen LogP contribution in [0.1, 0.15) is 40.0 Å². The number of ether oxygens (including phenoxy) is 1. The number of anilines is 1. The molecule has 1 aliphatic carbocycles. The zero-order chi connectivity index (χ0) is 15.5. The van der Waals surface area contributed by atoms with Gasteiger partial charge in [-0.25, -0.2) is 4.68 Å². The van der Waals surface area contributed by atoms with Crippen LogP contribution in [0, 0.1) is 5.92 Å². The van der Waals surface area contributed by atoms with Gasteiger partial charge >= 0.3 is 0 Å². The predicted octanol–water partition coefficient (Wildman–Crippen LogP) is 3.03. The fourth-order valence-corrected chi connectivity index (χ4v) is 2.82. The highest BCUT2D eigenvalue weighted by molar-refractivity contribution is 9.10. The van der Waals surface area contributed by atoms with Gasteiger partial charge in [0, 0.05) is 19.7 Å². The summed E-state index contributed by atoms with van der Waals surface area (Å²) in [6, 6.07) is 0. The van der Waals surface area contributed by atoms with Crippen molar-refractivity contribution < 1.29 is 4.74 Å². The molecule has 1 aliphatic rings. The lowest BCUT2D eigenvalue weighted by molar-refractivity contribution is 0.000661. The topological polar surface area (TPSA) is 56.1 Å². The molecule has 0 aliphatic heterocycles. The number of aromatic nitrogens is 2. The first kappa shape index (κ1) is 16.5. The molecule has 1 aromatic heterocycles. The molecule has 1 fully saturated rings. The maximum absolute atomic E-state index is 12.5. The van der Waals surface area contributed by atoms with E-state index in [0.29, 0.717) is 29.2 Å². The molecule has 118 valence electrons. The third-order valence-corrected chi connectivity index (χ3v) is 4.48. The van der Waals surface area contributed by atoms with Crippen LogP contribution in [-0.2, 0) is 11.3 Å². The minimum Gasteiger partial charge on any atom is -0.377 e. The summed E-state index contributed by atoms with van der Waals surface area (Å²) in [5, 5.41) is 7.44. The summed E-state index contributed by atoms with van der Waals surface area (Å²) in [5.74, 6) is 0.601. The van der Waals surface area contributed by atoms with E-state index in [1.54, 1.807) is 10.9 Å². The van der Waals surface area contributed by atoms with Crippen LogP contribution in [0.5, 0.6) is 0 Å². The number of rotatable bonds is 7. The van der Waals surface area contributed by atoms with Crippen LogP contribution in [0.25, 0.3) is 0 Å². The molecular formula is C15H24BrN3O2. The van der Waals surface area contributed by atoms with Gasteiger partial charge in [-0.2, -0.15) is 5.10 Å². The Kier molecular flexibility index (Phi) is 5.43. The molecule has 1 heterocycles. The Labute approximate surface area is 134 Å². The molecule has 2 rings (SSSR count). The van der Waals surface area contributed by atoms with Gasteiger partial charge in [-0.15, -0.1) is 0 Å². The van der Waals surface area contributed by atoms with Crippen LogP contribution in [0.15, 0.2) is 15.5 Å². The molecule has 5 nitrogen and oxygen atoms in total. The van der Waals surface area contributed by atoms with E-state index < -0.39 is 0 Å². The van der Waals surface area contributed by atoms with E-state index in [2.05, 4.69) is 26.3 Å². The second-order valence-electron chi connectivity index (χ2n) is 6.20. The maximum atomic E-state index is 12.5. The van der Waals surface area contributed by atoms with E-state index in [0.717, 1.165) is 6.54 Å². The molecule has 0 saturated heterocycles. The first-order chi connectivity index (χ1) is 9.93. The molecule has 1 N–H and O–H groups in total. The molecule has 0 aromatic carbocycles. The lowest BCUT2D eigenvalue weighted by Crippen LogP contribution is -2.36. The monoisotopic (exact) mass is 357 g/mol. The highest BCUT2D eigenvalue weighted by Gasteiger charge is 2.22. The number of halogens is 1. The lowest BCUT2D eigenvalue weighted by atomic mass is 9.85. The summed E-state index contributed by atoms with van der Waals surface area (Å²) in [5.41, 5.74) is 0.184. The van der Waals surface area contributed by atoms with E-state index in [1.165, 1.54) is 19.3 Å². The molecule has 0 amide bonds. The zero-order valence-electron chi connectivity index (χ0n) is 13.0. The standard InChI is InChI=1S/C15H24BrN3O2/c1-4-21-15(2,3)10-17-13-12(16)8-18-19(14(13)20)9-11-6-5-7-11/h8,11,17H,4-7,9-10H2,1-3H3. The van der Waals surface area contributed by atoms with Crippen molar-refractivity contribution in [2.75, 3.05) is 18.5 Å². The predicted molar refractivity (Wildman–Crippen MR) is 87.7 cm³/mol. The Balaban J connectivity index is 2.10. The Morgan fingerprint density at radius 1 is 1.52 bits per heavy atom. The average molecular weight is 358 g/mol. The van der Waals surface area contributed by atoms with Crippen molar-refractivity contribution in [2.45, 2.75) is 52.2 Å². The van der Waals surface area contributed by atoms with E-state index >= 15 is 0 Å². The molecule has 21 heavy (non-hydrogen) atoms. The molecule has 6 heteroatoms. The van der Waals surface area contributed by atoms with Crippen molar-refractivity contribution >= 4 is 21.6 Å². The highest BCUT2D eigenvalue weighted by Crippen LogP contribution is 2.27. The average Bonchev–Trinajstić information content (AvgIpc) is 2.35. The molecule has 1 aromatic rings. The van der Waals surface area contributed by atoms with Gasteiger partial charge in [-0.1, -0.05) is 6.42 Å². The maximum Gasteiger partial charge on any atom is 0.291 e. The van der Waals surface area contributed by atoms with E-state index in [4.69, 9.17) is 4.74 Å². The van der Waals surface area contributed by atoms with Crippen LogP contribution in [0.3, 0.4) is 0 Å². The third kappa shape index (κ3) is 4.30. The second-order valence-corrected chi connectivity index (χ2v) is 7.05. The summed E-state index contributed by atoms with van der Waals surface area (Å²) >= 11 is 3.41. The Morgan fingerprint density at radius 3 is 2.81 bits per heavy atom. The van der Waals surface area contributed by atoms with Gasteiger partial charge < -0.3 is 10.1 Å². The fourth-order valence-electron chi connectivity index (χ4n) is 2.42. The molecule has 0 radical (unpaired) electrons. The van der Waals surface area contributed by atoms with Crippen molar-refractivity contribution in [1.29, 1.82) is 0 Å². The number of nitrogens with zero attached hydrogens (tertiary/aromatic N) is 2. The highest BCUT2D eigenvalue weighted by atomic mass is 79.9. The van der Waals surface area contributed by atoms with Crippen LogP contribution >= 0.6 is 15.9 Å². The third-order valence-electron chi connectivity index (χ3n) is 3.88. The summed E-state index contributed by atoms with van der Waals surface area (Å²) in [6.45, 7) is 7.92. The van der Waals surface area contributed by atoms with Gasteiger partial charge in [0.25, 0.3) is 5.56 Å². The van der Waals surface area contributed by atoms with Gasteiger partial charge in [-0.3, -0.25) is 4.79 Å². The number of nitrogens with one attached hydrogen (secondary N) is 1. The summed E-state index contributed by atoms with van der Waals surface area (Å²) in [7, 11) is 0. The van der Waals surface area contributed by atoms with Crippen molar-refractivity contribution in [3.05, 3.63) is 21.0 Å².